The van der Waals surface area contributed by atoms with E-state index < -0.39 is 21.9 Å². The first-order chi connectivity index (χ1) is 9.05. The monoisotopic (exact) mass is 301 g/mol. The van der Waals surface area contributed by atoms with Gasteiger partial charge in [0.05, 0.1) is 5.69 Å². The smallest absolute Gasteiger partial charge is 0.407 e. The Kier molecular flexibility index (Phi) is 4.96. The van der Waals surface area contributed by atoms with Crippen LogP contribution in [-0.2, 0) is 21.5 Å². The van der Waals surface area contributed by atoms with E-state index >= 15 is 0 Å². The topological polar surface area (TPSA) is 111 Å². The Balaban J connectivity index is 2.61. The maximum absolute atomic E-state index is 11.5. The quantitative estimate of drug-likeness (QED) is 0.779. The molecule has 0 radical (unpaired) electrons. The van der Waals surface area contributed by atoms with Gasteiger partial charge in [-0.15, -0.1) is 0 Å². The SMILES string of the molecule is CC(C)(C)OC(=O)NCc1cccc(NS(N)(=O)=O)c1. The minimum Gasteiger partial charge on any atom is -0.444 e. The molecule has 0 saturated carbocycles. The predicted molar refractivity (Wildman–Crippen MR) is 76.2 cm³/mol. The Hall–Kier alpha value is -1.80. The molecule has 1 aromatic rings. The highest BCUT2D eigenvalue weighted by molar-refractivity contribution is 7.90. The summed E-state index contributed by atoms with van der Waals surface area (Å²) in [6.07, 6.45) is -0.540. The second-order valence-electron chi connectivity index (χ2n) is 5.20. The van der Waals surface area contributed by atoms with Crippen molar-refractivity contribution in [2.24, 2.45) is 5.14 Å². The normalized spacial score (nSPS) is 11.8. The third-order valence-corrected chi connectivity index (χ3v) is 2.54. The maximum Gasteiger partial charge on any atom is 0.407 e. The van der Waals surface area contributed by atoms with Crippen LogP contribution in [0.1, 0.15) is 26.3 Å². The summed E-state index contributed by atoms with van der Waals surface area (Å²) < 4.78 is 29.1. The summed E-state index contributed by atoms with van der Waals surface area (Å²) in [7, 11) is -3.81. The Bertz CT molecular complexity index is 579. The second kappa shape index (κ2) is 6.10. The van der Waals surface area contributed by atoms with Gasteiger partial charge in [-0.05, 0) is 38.5 Å². The van der Waals surface area contributed by atoms with Crippen LogP contribution in [0.15, 0.2) is 24.3 Å². The fourth-order valence-corrected chi connectivity index (χ4v) is 1.85. The van der Waals surface area contributed by atoms with Crippen molar-refractivity contribution in [1.29, 1.82) is 0 Å². The van der Waals surface area contributed by atoms with Gasteiger partial charge in [0.25, 0.3) is 10.2 Å². The summed E-state index contributed by atoms with van der Waals surface area (Å²) in [5.41, 5.74) is 0.474. The molecule has 20 heavy (non-hydrogen) atoms. The molecule has 0 aliphatic carbocycles. The van der Waals surface area contributed by atoms with Crippen LogP contribution in [0.4, 0.5) is 10.5 Å². The second-order valence-corrected chi connectivity index (χ2v) is 6.50. The van der Waals surface area contributed by atoms with Crippen molar-refractivity contribution in [3.8, 4) is 0 Å². The van der Waals surface area contributed by atoms with E-state index in [0.29, 0.717) is 11.3 Å². The van der Waals surface area contributed by atoms with Crippen molar-refractivity contribution in [2.45, 2.75) is 32.9 Å². The van der Waals surface area contributed by atoms with Crippen molar-refractivity contribution >= 4 is 22.0 Å². The highest BCUT2D eigenvalue weighted by atomic mass is 32.2. The van der Waals surface area contributed by atoms with E-state index in [0.717, 1.165) is 0 Å². The average molecular weight is 301 g/mol. The van der Waals surface area contributed by atoms with E-state index in [-0.39, 0.29) is 6.54 Å². The molecule has 8 heteroatoms. The minimum absolute atomic E-state index is 0.217. The molecule has 0 fully saturated rings. The number of nitrogens with two attached hydrogens (primary N) is 1. The van der Waals surface area contributed by atoms with Crippen molar-refractivity contribution in [3.63, 3.8) is 0 Å². The summed E-state index contributed by atoms with van der Waals surface area (Å²) >= 11 is 0. The van der Waals surface area contributed by atoms with Crippen molar-refractivity contribution < 1.29 is 17.9 Å². The lowest BCUT2D eigenvalue weighted by Crippen LogP contribution is -2.32. The van der Waals surface area contributed by atoms with Gasteiger partial charge >= 0.3 is 6.09 Å². The molecule has 0 unspecified atom stereocenters. The molecule has 0 aliphatic rings. The standard InChI is InChI=1S/C12H19N3O4S/c1-12(2,3)19-11(16)14-8-9-5-4-6-10(7-9)15-20(13,17)18/h4-7,15H,8H2,1-3H3,(H,14,16)(H2,13,17,18). The van der Waals surface area contributed by atoms with Gasteiger partial charge in [0.1, 0.15) is 5.60 Å². The van der Waals surface area contributed by atoms with Gasteiger partial charge < -0.3 is 10.1 Å². The summed E-state index contributed by atoms with van der Waals surface area (Å²) in [6.45, 7) is 5.52. The molecule has 0 heterocycles. The van der Waals surface area contributed by atoms with Crippen LogP contribution in [-0.4, -0.2) is 20.1 Å². The zero-order valence-electron chi connectivity index (χ0n) is 11.6. The number of ether oxygens (including phenoxy) is 1. The van der Waals surface area contributed by atoms with E-state index in [1.807, 2.05) is 0 Å². The Morgan fingerprint density at radius 3 is 2.55 bits per heavy atom. The average Bonchev–Trinajstić information content (AvgIpc) is 2.22. The number of nitrogens with one attached hydrogen (secondary N) is 2. The molecule has 0 aromatic heterocycles. The van der Waals surface area contributed by atoms with Crippen LogP contribution in [0.2, 0.25) is 0 Å². The van der Waals surface area contributed by atoms with E-state index in [4.69, 9.17) is 9.88 Å². The van der Waals surface area contributed by atoms with Crippen molar-refractivity contribution in [3.05, 3.63) is 29.8 Å². The van der Waals surface area contributed by atoms with Gasteiger partial charge in [-0.3, -0.25) is 4.72 Å². The minimum atomic E-state index is -3.81. The summed E-state index contributed by atoms with van der Waals surface area (Å²) in [5.74, 6) is 0. The number of amides is 1. The molecule has 0 saturated heterocycles. The molecule has 0 bridgehead atoms. The first-order valence-corrected chi connectivity index (χ1v) is 7.46. The van der Waals surface area contributed by atoms with Gasteiger partial charge in [0.2, 0.25) is 0 Å². The third-order valence-electron chi connectivity index (χ3n) is 2.02. The van der Waals surface area contributed by atoms with Crippen LogP contribution in [0.25, 0.3) is 0 Å². The summed E-state index contributed by atoms with van der Waals surface area (Å²) in [6, 6.07) is 6.52. The third kappa shape index (κ3) is 6.95. The van der Waals surface area contributed by atoms with E-state index in [1.54, 1.807) is 45.0 Å². The van der Waals surface area contributed by atoms with Crippen molar-refractivity contribution in [2.75, 3.05) is 4.72 Å². The highest BCUT2D eigenvalue weighted by Crippen LogP contribution is 2.12. The molecule has 0 spiro atoms. The molecule has 7 nitrogen and oxygen atoms in total. The first kappa shape index (κ1) is 16.3. The number of carbonyl (C=O) groups excluding carboxylic acids is 1. The maximum atomic E-state index is 11.5. The summed E-state index contributed by atoms with van der Waals surface area (Å²) in [5, 5.41) is 7.46. The lowest BCUT2D eigenvalue weighted by atomic mass is 10.2. The van der Waals surface area contributed by atoms with Crippen LogP contribution < -0.4 is 15.2 Å². The van der Waals surface area contributed by atoms with Gasteiger partial charge in [-0.25, -0.2) is 9.93 Å². The molecule has 4 N–H and O–H groups in total. The fourth-order valence-electron chi connectivity index (χ4n) is 1.40. The molecule has 1 rings (SSSR count). The van der Waals surface area contributed by atoms with E-state index in [1.165, 1.54) is 0 Å². The molecule has 1 aromatic carbocycles. The Morgan fingerprint density at radius 1 is 1.35 bits per heavy atom. The number of rotatable bonds is 4. The van der Waals surface area contributed by atoms with Gasteiger partial charge in [0, 0.05) is 6.54 Å². The van der Waals surface area contributed by atoms with Crippen LogP contribution in [0, 0.1) is 0 Å². The number of hydrogen-bond donors (Lipinski definition) is 3. The van der Waals surface area contributed by atoms with Crippen LogP contribution in [0.5, 0.6) is 0 Å². The largest absolute Gasteiger partial charge is 0.444 e. The number of benzene rings is 1. The number of carbonyl (C=O) groups is 1. The zero-order valence-corrected chi connectivity index (χ0v) is 12.5. The first-order valence-electron chi connectivity index (χ1n) is 5.91. The molecule has 0 aliphatic heterocycles. The van der Waals surface area contributed by atoms with Crippen LogP contribution >= 0.6 is 0 Å². The van der Waals surface area contributed by atoms with E-state index in [2.05, 4.69) is 10.0 Å². The zero-order chi connectivity index (χ0) is 15.4. The molecular weight excluding hydrogens is 282 g/mol. The number of hydrogen-bond acceptors (Lipinski definition) is 4. The number of alkyl carbamates (subject to hydrolysis) is 1. The van der Waals surface area contributed by atoms with E-state index in [9.17, 15) is 13.2 Å². The lowest BCUT2D eigenvalue weighted by molar-refractivity contribution is 0.0523. The van der Waals surface area contributed by atoms with Crippen molar-refractivity contribution in [1.82, 2.24) is 5.32 Å². The van der Waals surface area contributed by atoms with Crippen LogP contribution in [0.3, 0.4) is 0 Å². The molecule has 0 atom stereocenters. The Morgan fingerprint density at radius 2 is 2.00 bits per heavy atom. The number of anilines is 1. The molecular formula is C12H19N3O4S. The fraction of sp³-hybridized carbons (Fsp3) is 0.417. The van der Waals surface area contributed by atoms with Gasteiger partial charge in [0.15, 0.2) is 0 Å². The van der Waals surface area contributed by atoms with Gasteiger partial charge in [-0.2, -0.15) is 8.42 Å². The predicted octanol–water partition coefficient (Wildman–Crippen LogP) is 1.33. The lowest BCUT2D eigenvalue weighted by Gasteiger charge is -2.19. The Labute approximate surface area is 118 Å². The summed E-state index contributed by atoms with van der Waals surface area (Å²) in [4.78, 5) is 11.5. The highest BCUT2D eigenvalue weighted by Gasteiger charge is 2.15. The molecule has 1 amide bonds. The van der Waals surface area contributed by atoms with Gasteiger partial charge in [-0.1, -0.05) is 12.1 Å². The molecule has 112 valence electrons.